The molecule has 32 atom stereocenters. The number of pyridine rings is 4. The van der Waals surface area contributed by atoms with Crippen molar-refractivity contribution in [1.82, 2.24) is 30.6 Å². The number of rotatable bonds is 18. The van der Waals surface area contributed by atoms with E-state index < -0.39 is 94.2 Å². The molecule has 4 saturated carbocycles. The first-order chi connectivity index (χ1) is 60.3. The zero-order chi connectivity index (χ0) is 88.6. The number of nitrogens with one attached hydrogen (secondary N) is 4. The van der Waals surface area contributed by atoms with Gasteiger partial charge in [-0.25, -0.2) is 57.8 Å². The second-order valence-corrected chi connectivity index (χ2v) is 40.3. The number of carbonyl (C=O) groups excluding carboxylic acids is 4. The van der Waals surface area contributed by atoms with Crippen LogP contribution in [0.5, 0.6) is 0 Å². The Kier molecular flexibility index (Phi) is 27.7. The van der Waals surface area contributed by atoms with E-state index in [1.807, 2.05) is 27.7 Å². The Morgan fingerprint density at radius 1 is 0.378 bits per heavy atom. The number of hydrogen-bond acceptors (Lipinski definition) is 24. The quantitative estimate of drug-likeness (QED) is 0.0408. The fourth-order valence-corrected chi connectivity index (χ4v) is 25.4. The molecule has 24 rings (SSSR count). The fourth-order valence-electron chi connectivity index (χ4n) is 25.4. The molecule has 4 aromatic rings. The van der Waals surface area contributed by atoms with Gasteiger partial charge in [0.25, 0.3) is 0 Å². The van der Waals surface area contributed by atoms with Crippen molar-refractivity contribution in [2.75, 3.05) is 10.6 Å². The minimum Gasteiger partial charge on any atom is -0.352 e. The highest BCUT2D eigenvalue weighted by Gasteiger charge is 2.74. The van der Waals surface area contributed by atoms with Crippen LogP contribution in [-0.2, 0) is 109 Å². The largest absolute Gasteiger partial charge is 0.352 e. The molecule has 16 saturated heterocycles. The van der Waals surface area contributed by atoms with Crippen molar-refractivity contribution in [3.8, 4) is 0 Å². The summed E-state index contributed by atoms with van der Waals surface area (Å²) < 4.78 is 105. The number of amides is 4. The van der Waals surface area contributed by atoms with Crippen LogP contribution >= 0.6 is 0 Å². The minimum absolute atomic E-state index is 0. The third-order valence-corrected chi connectivity index (χ3v) is 32.5. The van der Waals surface area contributed by atoms with Crippen LogP contribution in [0.2, 0.25) is 0 Å². The van der Waals surface area contributed by atoms with Crippen LogP contribution in [0.4, 0.5) is 28.9 Å². The molecule has 32 heteroatoms. The lowest BCUT2D eigenvalue weighted by atomic mass is 9.57. The molecule has 700 valence electrons. The van der Waals surface area contributed by atoms with Crippen molar-refractivity contribution in [3.05, 3.63) is 108 Å². The van der Waals surface area contributed by atoms with E-state index in [-0.39, 0.29) is 134 Å². The summed E-state index contributed by atoms with van der Waals surface area (Å²) in [4.78, 5) is 112. The van der Waals surface area contributed by atoms with Gasteiger partial charge in [0.05, 0.1) is 42.5 Å². The average Bonchev–Trinajstić information content (AvgIpc) is 1.64. The van der Waals surface area contributed by atoms with E-state index in [1.165, 1.54) is 43.0 Å². The van der Waals surface area contributed by atoms with Crippen LogP contribution in [0, 0.1) is 118 Å². The maximum atomic E-state index is 13.8. The first-order valence-corrected chi connectivity index (χ1v) is 46.6. The van der Waals surface area contributed by atoms with Gasteiger partial charge >= 0.3 is 0 Å². The van der Waals surface area contributed by atoms with Gasteiger partial charge in [0.1, 0.15) is 5.82 Å². The Bertz CT molecular complexity index is 4560. The molecule has 4 aliphatic carbocycles. The molecule has 8 bridgehead atoms. The van der Waals surface area contributed by atoms with Crippen molar-refractivity contribution in [2.24, 2.45) is 94.7 Å². The molecule has 4 N–H and O–H groups in total. The summed E-state index contributed by atoms with van der Waals surface area (Å²) in [6, 6.07) is 8.82. The van der Waals surface area contributed by atoms with Crippen LogP contribution in [0.1, 0.15) is 256 Å². The highest BCUT2D eigenvalue weighted by atomic mass is 19.1. The van der Waals surface area contributed by atoms with Crippen molar-refractivity contribution in [3.63, 3.8) is 0 Å². The van der Waals surface area contributed by atoms with Gasteiger partial charge < -0.3 is 59.2 Å². The molecule has 127 heavy (non-hydrogen) atoms. The van der Waals surface area contributed by atoms with Crippen LogP contribution < -0.4 is 21.3 Å². The number of anilines is 2. The van der Waals surface area contributed by atoms with Crippen molar-refractivity contribution in [1.29, 1.82) is 0 Å². The fraction of sp³-hybridized carbons (Fsp3) is 0.747. The molecule has 20 aliphatic rings. The van der Waals surface area contributed by atoms with Gasteiger partial charge in [-0.3, -0.25) is 29.1 Å². The Morgan fingerprint density at radius 2 is 0.717 bits per heavy atom. The molecule has 20 fully saturated rings. The highest BCUT2D eigenvalue weighted by Crippen LogP contribution is 2.66. The number of fused-ring (bicyclic) bond motifs is 8. The zero-order valence-corrected chi connectivity index (χ0v) is 74.6. The van der Waals surface area contributed by atoms with Crippen LogP contribution in [-0.4, -0.2) is 139 Å². The summed E-state index contributed by atoms with van der Waals surface area (Å²) in [5.41, 5.74) is -0.669. The van der Waals surface area contributed by atoms with Gasteiger partial charge in [-0.05, 0) is 237 Å². The molecule has 4 amide bonds. The predicted octanol–water partition coefficient (Wildman–Crippen LogP) is 16.8. The second-order valence-electron chi connectivity index (χ2n) is 40.3. The van der Waals surface area contributed by atoms with E-state index in [0.717, 1.165) is 115 Å². The molecule has 16 aliphatic heterocycles. The number of nitrogens with zero attached hydrogens (tertiary/aromatic N) is 4. The van der Waals surface area contributed by atoms with Gasteiger partial charge in [0.2, 0.25) is 58.7 Å². The Balaban J connectivity index is 0.000000124. The van der Waals surface area contributed by atoms with Crippen LogP contribution in [0.15, 0.2) is 73.6 Å². The molecule has 4 spiro atoms. The summed E-state index contributed by atoms with van der Waals surface area (Å²) in [6.07, 6.45) is 24.7. The number of aromatic nitrogens is 4. The molecule has 4 aromatic heterocycles. The Hall–Kier alpha value is -6.44. The van der Waals surface area contributed by atoms with E-state index in [2.05, 4.69) is 96.6 Å². The molecule has 0 radical (unpaired) electrons. The topological polar surface area (TPSA) is 316 Å². The molecular formula is C95H132F4N8O20. The van der Waals surface area contributed by atoms with Gasteiger partial charge in [0.15, 0.2) is 53.4 Å². The van der Waals surface area contributed by atoms with Crippen LogP contribution in [0.25, 0.3) is 0 Å². The van der Waals surface area contributed by atoms with E-state index in [9.17, 15) is 36.7 Å². The number of ether oxygens (including phenoxy) is 8. The molecular weight excluding hydrogens is 1650 g/mol. The number of hydrogen-bond donors (Lipinski definition) is 4. The summed E-state index contributed by atoms with van der Waals surface area (Å²) in [5.74, 6) is -0.736. The van der Waals surface area contributed by atoms with E-state index in [0.29, 0.717) is 103 Å². The molecule has 20 heterocycles. The third kappa shape index (κ3) is 18.2. The second kappa shape index (κ2) is 37.5. The van der Waals surface area contributed by atoms with Crippen molar-refractivity contribution < 1.29 is 114 Å². The standard InChI is InChI=1S/2C24H33FN2O5.2C23H31FN2O5.CH4/c1-14-4-5-18-15(2)20(6-7-21(28)27-12-16-9-11-26-13-19(16)25)29-22-24(18)17(14)8-10-23(3,30-22)31-32-24;1-14-4-5-18-15(2)19(6-7-21(28)27-13-16-9-11-26-20(25)12-16)29-22-24(18)17(14)8-10-23(3,30-22)31-32-24;1-13-4-5-17-14(2)18(6-7-20(27)26-15-9-11-25-19(24)12-15)28-21-23(17)16(13)8-10-22(3,29-21)30-31-23;1-13-4-5-16-14(2)19(6-7-20(27)26-18-9-11-25-12-17(18)24)28-21-23(16)15(13)8-10-22(3,29-21)30-31-23;/h9,11,13-15,17-18,20,22H,4-8,10,12H2,1-3H3,(H,27,28);9,11-12,14-15,17-19,22H,4-8,10,13H2,1-3H3,(H,27,28);9,11-14,16-18,21H,4-8,10H2,1-3H3,(H,25,26,27);9,11-16,19,21H,4-8,10H2,1-3H3,(H,25,26,27);1H4/t14-,15-,17+,18+,20-,22-,23+,24-;14-,15-,17+,18+,19-,22-,23+,24-;13-,14-,16+,17+,18-,21-,22+,23-;13-,14-,15+,16+,19-,21-,22+,23-;/m1111./s1. The maximum Gasteiger partial charge on any atom is 0.224 e. The lowest BCUT2D eigenvalue weighted by molar-refractivity contribution is -0.571. The summed E-state index contributed by atoms with van der Waals surface area (Å²) in [5, 5.41) is 11.0. The first kappa shape index (κ1) is 93.8. The molecule has 0 aromatic carbocycles. The SMILES string of the molecule is C.C[C@H]1[C@@H](CCC(=O)NCc2ccnc(F)c2)O[C@@H]2O[C@]3(C)CC[C@H]4[C@H](C)CC[C@@H]1[C@@]24OO3.C[C@H]1[C@@H](CCC(=O)NCc2ccncc2F)O[C@@H]2O[C@]3(C)CC[C@H]4[C@H](C)CC[C@@H]1[C@@]24OO3.C[C@H]1[C@@H](CCC(=O)Nc2ccnc(F)c2)O[C@@H]2O[C@]3(C)CC[C@H]4[C@H](C)CC[C@@H]1[C@@]24OO3.C[C@H]1[C@@H](CCC(=O)Nc2ccncc2F)O[C@@H]2O[C@]3(C)CC[C@H]4[C@H](C)CC[C@@H]1[C@@]24OO3. The normalized spacial score (nSPS) is 42.9. The Morgan fingerprint density at radius 3 is 1.08 bits per heavy atom. The average molecular weight is 1780 g/mol. The smallest absolute Gasteiger partial charge is 0.224 e. The first-order valence-electron chi connectivity index (χ1n) is 46.6. The number of halogens is 4. The molecule has 0 unspecified atom stereocenters. The van der Waals surface area contributed by atoms with Crippen molar-refractivity contribution in [2.45, 2.75) is 353 Å². The van der Waals surface area contributed by atoms with E-state index >= 15 is 0 Å². The monoisotopic (exact) mass is 1780 g/mol. The summed E-state index contributed by atoms with van der Waals surface area (Å²) in [7, 11) is 0. The van der Waals surface area contributed by atoms with E-state index in [1.54, 1.807) is 18.2 Å². The predicted molar refractivity (Wildman–Crippen MR) is 449 cm³/mol. The van der Waals surface area contributed by atoms with Gasteiger partial charge in [-0.15, -0.1) is 0 Å². The lowest BCUT2D eigenvalue weighted by Crippen LogP contribution is -2.70. The van der Waals surface area contributed by atoms with Gasteiger partial charge in [0, 0.05) is 130 Å². The lowest BCUT2D eigenvalue weighted by Gasteiger charge is -2.60. The summed E-state index contributed by atoms with van der Waals surface area (Å²) in [6.45, 7) is 26.0. The van der Waals surface area contributed by atoms with Gasteiger partial charge in [-0.2, -0.15) is 8.78 Å². The third-order valence-electron chi connectivity index (χ3n) is 32.5. The van der Waals surface area contributed by atoms with Gasteiger partial charge in [-0.1, -0.05) is 62.8 Å². The minimum atomic E-state index is -0.807. The number of carbonyl (C=O) groups is 4. The Labute approximate surface area is 742 Å². The highest BCUT2D eigenvalue weighted by molar-refractivity contribution is 5.91. The molecule has 28 nitrogen and oxygen atoms in total. The zero-order valence-electron chi connectivity index (χ0n) is 74.6. The van der Waals surface area contributed by atoms with Crippen molar-refractivity contribution >= 4 is 35.0 Å². The van der Waals surface area contributed by atoms with E-state index in [4.69, 9.17) is 77.0 Å². The van der Waals surface area contributed by atoms with Crippen LogP contribution in [0.3, 0.4) is 0 Å². The maximum absolute atomic E-state index is 13.8. The summed E-state index contributed by atoms with van der Waals surface area (Å²) >= 11 is 0.